The molecule has 0 bridgehead atoms. The number of benzene rings is 1. The Labute approximate surface area is 120 Å². The number of aryl methyl sites for hydroxylation is 1. The quantitative estimate of drug-likeness (QED) is 0.860. The largest absolute Gasteiger partial charge is 0.352 e. The lowest BCUT2D eigenvalue weighted by Gasteiger charge is -2.08. The maximum atomic E-state index is 13.3. The molecule has 0 atom stereocenters. The lowest BCUT2D eigenvalue weighted by Crippen LogP contribution is -2.29. The van der Waals surface area contributed by atoms with Crippen LogP contribution < -0.4 is 5.32 Å². The van der Waals surface area contributed by atoms with Crippen LogP contribution >= 0.6 is 11.6 Å². The first-order chi connectivity index (χ1) is 9.67. The fourth-order valence-electron chi connectivity index (χ4n) is 2.25. The fraction of sp³-hybridized carbons (Fsp3) is 0.429. The Morgan fingerprint density at radius 1 is 1.50 bits per heavy atom. The first-order valence-electron chi connectivity index (χ1n) is 6.67. The first-order valence-corrected chi connectivity index (χ1v) is 7.21. The SMILES string of the molecule is O=C(Cn1c(CCCl)nc2cc(F)ccc21)NC1CC1. The lowest BCUT2D eigenvalue weighted by molar-refractivity contribution is -0.121. The Bertz CT molecular complexity index is 651. The van der Waals surface area contributed by atoms with Crippen LogP contribution in [0.2, 0.25) is 0 Å². The minimum absolute atomic E-state index is 0.0352. The number of amides is 1. The average Bonchev–Trinajstić information content (AvgIpc) is 3.14. The average molecular weight is 296 g/mol. The van der Waals surface area contributed by atoms with Gasteiger partial charge >= 0.3 is 0 Å². The second-order valence-corrected chi connectivity index (χ2v) is 5.41. The number of carbonyl (C=O) groups excluding carboxylic acids is 1. The predicted molar refractivity (Wildman–Crippen MR) is 75.3 cm³/mol. The van der Waals surface area contributed by atoms with Crippen molar-refractivity contribution in [3.63, 3.8) is 0 Å². The molecule has 2 aromatic rings. The molecule has 1 aromatic heterocycles. The first kappa shape index (κ1) is 13.4. The van der Waals surface area contributed by atoms with E-state index in [0.29, 0.717) is 29.7 Å². The lowest BCUT2D eigenvalue weighted by atomic mass is 10.3. The van der Waals surface area contributed by atoms with Crippen LogP contribution in [0.4, 0.5) is 4.39 Å². The molecule has 1 aromatic carbocycles. The van der Waals surface area contributed by atoms with Gasteiger partial charge < -0.3 is 9.88 Å². The summed E-state index contributed by atoms with van der Waals surface area (Å²) in [4.78, 5) is 16.3. The van der Waals surface area contributed by atoms with Crippen LogP contribution in [0, 0.1) is 5.82 Å². The van der Waals surface area contributed by atoms with E-state index < -0.39 is 0 Å². The monoisotopic (exact) mass is 295 g/mol. The van der Waals surface area contributed by atoms with Gasteiger partial charge in [-0.1, -0.05) is 0 Å². The van der Waals surface area contributed by atoms with E-state index in [2.05, 4.69) is 10.3 Å². The number of hydrogen-bond donors (Lipinski definition) is 1. The number of imidazole rings is 1. The maximum absolute atomic E-state index is 13.3. The summed E-state index contributed by atoms with van der Waals surface area (Å²) in [5.74, 6) is 0.760. The van der Waals surface area contributed by atoms with Crippen LogP contribution in [-0.2, 0) is 17.8 Å². The Morgan fingerprint density at radius 3 is 3.00 bits per heavy atom. The molecule has 1 N–H and O–H groups in total. The third-order valence-corrected chi connectivity index (χ3v) is 3.54. The number of halogens is 2. The van der Waals surface area contributed by atoms with Crippen LogP contribution in [0.25, 0.3) is 11.0 Å². The van der Waals surface area contributed by atoms with Crippen molar-refractivity contribution in [2.45, 2.75) is 31.8 Å². The predicted octanol–water partition coefficient (Wildman–Crippen LogP) is 2.24. The summed E-state index contributed by atoms with van der Waals surface area (Å²) in [5.41, 5.74) is 1.32. The second kappa shape index (κ2) is 5.40. The molecular formula is C14H15ClFN3O. The highest BCUT2D eigenvalue weighted by molar-refractivity contribution is 6.17. The summed E-state index contributed by atoms with van der Waals surface area (Å²) in [6, 6.07) is 4.73. The number of carbonyl (C=O) groups is 1. The van der Waals surface area contributed by atoms with Gasteiger partial charge in [0.15, 0.2) is 0 Å². The van der Waals surface area contributed by atoms with Crippen molar-refractivity contribution < 1.29 is 9.18 Å². The number of nitrogens with one attached hydrogen (secondary N) is 1. The molecule has 1 aliphatic rings. The summed E-state index contributed by atoms with van der Waals surface area (Å²) >= 11 is 5.77. The molecule has 0 saturated heterocycles. The number of alkyl halides is 1. The van der Waals surface area contributed by atoms with Crippen molar-refractivity contribution >= 4 is 28.5 Å². The molecule has 3 rings (SSSR count). The topological polar surface area (TPSA) is 46.9 Å². The number of hydrogen-bond acceptors (Lipinski definition) is 2. The van der Waals surface area contributed by atoms with Crippen molar-refractivity contribution in [2.75, 3.05) is 5.88 Å². The van der Waals surface area contributed by atoms with E-state index in [1.807, 2.05) is 4.57 Å². The van der Waals surface area contributed by atoms with Crippen molar-refractivity contribution in [3.05, 3.63) is 29.8 Å². The van der Waals surface area contributed by atoms with E-state index in [9.17, 15) is 9.18 Å². The van der Waals surface area contributed by atoms with Crippen LogP contribution in [0.1, 0.15) is 18.7 Å². The Morgan fingerprint density at radius 2 is 2.30 bits per heavy atom. The summed E-state index contributed by atoms with van der Waals surface area (Å²) in [5, 5.41) is 2.94. The van der Waals surface area contributed by atoms with Crippen molar-refractivity contribution in [2.24, 2.45) is 0 Å². The Balaban J connectivity index is 1.92. The third kappa shape index (κ3) is 2.77. The van der Waals surface area contributed by atoms with E-state index in [4.69, 9.17) is 11.6 Å². The molecule has 0 unspecified atom stereocenters. The summed E-state index contributed by atoms with van der Waals surface area (Å²) in [6.45, 7) is 0.199. The molecule has 1 fully saturated rings. The molecule has 1 aliphatic carbocycles. The number of nitrogens with zero attached hydrogens (tertiary/aromatic N) is 2. The summed E-state index contributed by atoms with van der Waals surface area (Å²) in [7, 11) is 0. The highest BCUT2D eigenvalue weighted by Gasteiger charge is 2.24. The van der Waals surface area contributed by atoms with Gasteiger partial charge in [0, 0.05) is 24.4 Å². The smallest absolute Gasteiger partial charge is 0.240 e. The number of aromatic nitrogens is 2. The normalized spacial score (nSPS) is 14.7. The molecule has 1 heterocycles. The molecular weight excluding hydrogens is 281 g/mol. The zero-order valence-corrected chi connectivity index (χ0v) is 11.7. The van der Waals surface area contributed by atoms with E-state index in [0.717, 1.165) is 18.4 Å². The zero-order chi connectivity index (χ0) is 14.1. The minimum Gasteiger partial charge on any atom is -0.352 e. The summed E-state index contributed by atoms with van der Waals surface area (Å²) in [6.07, 6.45) is 2.65. The van der Waals surface area contributed by atoms with Gasteiger partial charge in [0.05, 0.1) is 11.0 Å². The maximum Gasteiger partial charge on any atom is 0.240 e. The standard InChI is InChI=1S/C14H15ClFN3O/c15-6-5-13-18-11-7-9(16)1-4-12(11)19(13)8-14(20)17-10-2-3-10/h1,4,7,10H,2-3,5-6,8H2,(H,17,20). The van der Waals surface area contributed by atoms with Gasteiger partial charge in [-0.05, 0) is 25.0 Å². The van der Waals surface area contributed by atoms with Gasteiger partial charge in [0.2, 0.25) is 5.91 Å². The van der Waals surface area contributed by atoms with Crippen molar-refractivity contribution in [3.8, 4) is 0 Å². The minimum atomic E-state index is -0.331. The molecule has 0 radical (unpaired) electrons. The second-order valence-electron chi connectivity index (χ2n) is 5.03. The van der Waals surface area contributed by atoms with Gasteiger partial charge in [-0.3, -0.25) is 4.79 Å². The molecule has 106 valence electrons. The van der Waals surface area contributed by atoms with E-state index >= 15 is 0 Å². The van der Waals surface area contributed by atoms with Gasteiger partial charge in [-0.2, -0.15) is 0 Å². The molecule has 4 nitrogen and oxygen atoms in total. The van der Waals surface area contributed by atoms with Crippen molar-refractivity contribution in [1.29, 1.82) is 0 Å². The molecule has 0 spiro atoms. The Kier molecular flexibility index (Phi) is 3.61. The zero-order valence-electron chi connectivity index (χ0n) is 10.9. The fourth-order valence-corrected chi connectivity index (χ4v) is 2.42. The van der Waals surface area contributed by atoms with Gasteiger partial charge in [-0.15, -0.1) is 11.6 Å². The van der Waals surface area contributed by atoms with Crippen LogP contribution in [0.3, 0.4) is 0 Å². The van der Waals surface area contributed by atoms with E-state index in [-0.39, 0.29) is 18.3 Å². The van der Waals surface area contributed by atoms with Gasteiger partial charge in [-0.25, -0.2) is 9.37 Å². The van der Waals surface area contributed by atoms with Crippen LogP contribution in [0.15, 0.2) is 18.2 Å². The molecule has 1 saturated carbocycles. The van der Waals surface area contributed by atoms with E-state index in [1.165, 1.54) is 12.1 Å². The Hall–Kier alpha value is -1.62. The van der Waals surface area contributed by atoms with Crippen LogP contribution in [0.5, 0.6) is 0 Å². The summed E-state index contributed by atoms with van der Waals surface area (Å²) < 4.78 is 15.1. The molecule has 6 heteroatoms. The van der Waals surface area contributed by atoms with Gasteiger partial charge in [0.25, 0.3) is 0 Å². The molecule has 20 heavy (non-hydrogen) atoms. The third-order valence-electron chi connectivity index (χ3n) is 3.35. The highest BCUT2D eigenvalue weighted by Crippen LogP contribution is 2.20. The molecule has 0 aliphatic heterocycles. The van der Waals surface area contributed by atoms with Crippen molar-refractivity contribution in [1.82, 2.24) is 14.9 Å². The van der Waals surface area contributed by atoms with Gasteiger partial charge in [0.1, 0.15) is 18.2 Å². The van der Waals surface area contributed by atoms with E-state index in [1.54, 1.807) is 6.07 Å². The highest BCUT2D eigenvalue weighted by atomic mass is 35.5. The number of fused-ring (bicyclic) bond motifs is 1. The molecule has 1 amide bonds. The van der Waals surface area contributed by atoms with Crippen LogP contribution in [-0.4, -0.2) is 27.4 Å². The number of rotatable bonds is 5.